The fourth-order valence-electron chi connectivity index (χ4n) is 8.23. The third-order valence-corrected chi connectivity index (χ3v) is 10.8. The van der Waals surface area contributed by atoms with Crippen LogP contribution in [0.25, 0.3) is 44.2 Å². The van der Waals surface area contributed by atoms with Gasteiger partial charge in [0, 0.05) is 22.4 Å². The third-order valence-electron chi connectivity index (χ3n) is 10.8. The Hall–Kier alpha value is -5.40. The second kappa shape index (κ2) is 11.4. The molecule has 0 bridgehead atoms. The Balaban J connectivity index is 1.31. The molecule has 0 amide bonds. The molecule has 0 aromatic heterocycles. The molecule has 7 aromatic rings. The molecule has 0 radical (unpaired) electrons. The molecule has 0 unspecified atom stereocenters. The number of aryl methyl sites for hydroxylation is 2. The third kappa shape index (κ3) is 4.76. The van der Waals surface area contributed by atoms with Crippen LogP contribution in [-0.2, 0) is 18.3 Å². The van der Waals surface area contributed by atoms with Gasteiger partial charge >= 0.3 is 0 Å². The van der Waals surface area contributed by atoms with Crippen molar-refractivity contribution < 1.29 is 0 Å². The van der Waals surface area contributed by atoms with Crippen molar-refractivity contribution in [3.05, 3.63) is 174 Å². The Morgan fingerprint density at radius 1 is 0.438 bits per heavy atom. The van der Waals surface area contributed by atoms with Crippen molar-refractivity contribution in [3.8, 4) is 33.4 Å². The van der Waals surface area contributed by atoms with Crippen LogP contribution in [0.4, 0.5) is 17.1 Å². The van der Waals surface area contributed by atoms with E-state index in [0.717, 1.165) is 17.8 Å². The number of hydrogen-bond acceptors (Lipinski definition) is 1. The van der Waals surface area contributed by atoms with Gasteiger partial charge in [0.15, 0.2) is 0 Å². The number of anilines is 3. The monoisotopic (exact) mass is 617 g/mol. The minimum atomic E-state index is -0.110. The molecule has 2 aliphatic rings. The van der Waals surface area contributed by atoms with E-state index in [4.69, 9.17) is 0 Å². The maximum Gasteiger partial charge on any atom is 0.0543 e. The summed E-state index contributed by atoms with van der Waals surface area (Å²) in [6.45, 7) is 4.77. The predicted octanol–water partition coefficient (Wildman–Crippen LogP) is 12.8. The first-order chi connectivity index (χ1) is 23.5. The molecule has 0 N–H and O–H groups in total. The second-order valence-corrected chi connectivity index (χ2v) is 14.1. The lowest BCUT2D eigenvalue weighted by Crippen LogP contribution is -2.17. The van der Waals surface area contributed by atoms with Gasteiger partial charge in [0.2, 0.25) is 0 Å². The van der Waals surface area contributed by atoms with Gasteiger partial charge in [-0.1, -0.05) is 129 Å². The first kappa shape index (κ1) is 28.8. The van der Waals surface area contributed by atoms with Crippen LogP contribution < -0.4 is 4.90 Å². The molecule has 0 fully saturated rings. The van der Waals surface area contributed by atoms with Crippen molar-refractivity contribution in [2.24, 2.45) is 0 Å². The van der Waals surface area contributed by atoms with Crippen molar-refractivity contribution in [1.29, 1.82) is 0 Å². The molecule has 7 aromatic carbocycles. The van der Waals surface area contributed by atoms with E-state index in [1.165, 1.54) is 91.4 Å². The summed E-state index contributed by atoms with van der Waals surface area (Å²) in [7, 11) is 0. The van der Waals surface area contributed by atoms with E-state index in [2.05, 4.69) is 170 Å². The summed E-state index contributed by atoms with van der Waals surface area (Å²) >= 11 is 0. The highest BCUT2D eigenvalue weighted by molar-refractivity contribution is 5.97. The van der Waals surface area contributed by atoms with Gasteiger partial charge in [0.1, 0.15) is 0 Å². The Morgan fingerprint density at radius 3 is 1.94 bits per heavy atom. The number of hydrogen-bond donors (Lipinski definition) is 0. The molecule has 48 heavy (non-hydrogen) atoms. The standard InChI is InChI=1S/C47H39N/c1-47(2)44-19-11-10-18-41(44)43-30-42(38-21-20-33-14-6-8-16-36(33)28-38)46(31-45(43)47)48(40-27-24-34-15-7-9-17-37(34)29-40)39-25-22-35(23-26-39)32-12-4-3-5-13-32/h3-5,7,9-13,15,17-31H,6,8,14,16H2,1-2H3. The maximum absolute atomic E-state index is 2.50. The lowest BCUT2D eigenvalue weighted by Gasteiger charge is -2.31. The molecular formula is C47H39N. The molecule has 0 heterocycles. The quantitative estimate of drug-likeness (QED) is 0.186. The van der Waals surface area contributed by atoms with Gasteiger partial charge < -0.3 is 4.90 Å². The lowest BCUT2D eigenvalue weighted by molar-refractivity contribution is 0.660. The van der Waals surface area contributed by atoms with Gasteiger partial charge in [-0.15, -0.1) is 0 Å². The molecule has 0 atom stereocenters. The summed E-state index contributed by atoms with van der Waals surface area (Å²) in [5.74, 6) is 0. The fourth-order valence-corrected chi connectivity index (χ4v) is 8.23. The molecule has 0 saturated carbocycles. The fraction of sp³-hybridized carbons (Fsp3) is 0.149. The maximum atomic E-state index is 2.50. The Bertz CT molecular complexity index is 2310. The smallest absolute Gasteiger partial charge is 0.0543 e. The van der Waals surface area contributed by atoms with Crippen molar-refractivity contribution in [2.45, 2.75) is 44.9 Å². The van der Waals surface area contributed by atoms with Crippen molar-refractivity contribution in [3.63, 3.8) is 0 Å². The number of fused-ring (bicyclic) bond motifs is 5. The Labute approximate surface area is 284 Å². The minimum Gasteiger partial charge on any atom is -0.310 e. The summed E-state index contributed by atoms with van der Waals surface area (Å²) in [5.41, 5.74) is 16.9. The van der Waals surface area contributed by atoms with E-state index in [9.17, 15) is 0 Å². The SMILES string of the molecule is CC1(C)c2ccccc2-c2cc(-c3ccc4c(c3)CCCC4)c(N(c3ccc(-c4ccccc4)cc3)c3ccc4ccccc4c3)cc21. The lowest BCUT2D eigenvalue weighted by atomic mass is 9.81. The molecule has 2 aliphatic carbocycles. The zero-order valence-corrected chi connectivity index (χ0v) is 27.7. The van der Waals surface area contributed by atoms with E-state index in [1.54, 1.807) is 0 Å². The van der Waals surface area contributed by atoms with E-state index >= 15 is 0 Å². The van der Waals surface area contributed by atoms with Crippen LogP contribution in [0, 0.1) is 0 Å². The summed E-state index contributed by atoms with van der Waals surface area (Å²) < 4.78 is 0. The zero-order valence-electron chi connectivity index (χ0n) is 27.7. The van der Waals surface area contributed by atoms with Crippen LogP contribution >= 0.6 is 0 Å². The van der Waals surface area contributed by atoms with Crippen molar-refractivity contribution >= 4 is 27.8 Å². The normalized spacial score (nSPS) is 14.3. The van der Waals surface area contributed by atoms with Crippen LogP contribution in [-0.4, -0.2) is 0 Å². The highest BCUT2D eigenvalue weighted by atomic mass is 15.1. The van der Waals surface area contributed by atoms with Crippen LogP contribution in [0.2, 0.25) is 0 Å². The van der Waals surface area contributed by atoms with E-state index in [1.807, 2.05) is 0 Å². The topological polar surface area (TPSA) is 3.24 Å². The summed E-state index contributed by atoms with van der Waals surface area (Å²) in [6, 6.07) is 56.6. The molecule has 0 saturated heterocycles. The molecule has 0 spiro atoms. The number of rotatable bonds is 5. The number of benzene rings is 7. The van der Waals surface area contributed by atoms with Crippen molar-refractivity contribution in [1.82, 2.24) is 0 Å². The molecule has 1 heteroatoms. The van der Waals surface area contributed by atoms with E-state index in [-0.39, 0.29) is 5.41 Å². The van der Waals surface area contributed by atoms with Gasteiger partial charge in [-0.25, -0.2) is 0 Å². The Kier molecular flexibility index (Phi) is 6.83. The summed E-state index contributed by atoms with van der Waals surface area (Å²) in [5, 5.41) is 2.49. The second-order valence-electron chi connectivity index (χ2n) is 14.1. The molecule has 232 valence electrons. The van der Waals surface area contributed by atoms with Gasteiger partial charge in [-0.05, 0) is 123 Å². The van der Waals surface area contributed by atoms with Crippen LogP contribution in [0.3, 0.4) is 0 Å². The largest absolute Gasteiger partial charge is 0.310 e. The van der Waals surface area contributed by atoms with Gasteiger partial charge in [-0.2, -0.15) is 0 Å². The number of nitrogens with zero attached hydrogens (tertiary/aromatic N) is 1. The predicted molar refractivity (Wildman–Crippen MR) is 204 cm³/mol. The average molecular weight is 618 g/mol. The zero-order chi connectivity index (χ0) is 32.2. The molecule has 9 rings (SSSR count). The average Bonchev–Trinajstić information content (AvgIpc) is 3.37. The first-order valence-electron chi connectivity index (χ1n) is 17.4. The van der Waals surface area contributed by atoms with Crippen molar-refractivity contribution in [2.75, 3.05) is 4.90 Å². The Morgan fingerprint density at radius 2 is 1.10 bits per heavy atom. The molecular weight excluding hydrogens is 579 g/mol. The molecule has 1 nitrogen and oxygen atoms in total. The van der Waals surface area contributed by atoms with Crippen LogP contribution in [0.15, 0.2) is 152 Å². The molecule has 0 aliphatic heterocycles. The van der Waals surface area contributed by atoms with Gasteiger partial charge in [0.25, 0.3) is 0 Å². The van der Waals surface area contributed by atoms with Gasteiger partial charge in [0.05, 0.1) is 5.69 Å². The summed E-state index contributed by atoms with van der Waals surface area (Å²) in [6.07, 6.45) is 4.91. The van der Waals surface area contributed by atoms with Crippen LogP contribution in [0.1, 0.15) is 48.9 Å². The van der Waals surface area contributed by atoms with E-state index < -0.39 is 0 Å². The highest BCUT2D eigenvalue weighted by Crippen LogP contribution is 2.53. The highest BCUT2D eigenvalue weighted by Gasteiger charge is 2.37. The van der Waals surface area contributed by atoms with Gasteiger partial charge in [-0.3, -0.25) is 0 Å². The first-order valence-corrected chi connectivity index (χ1v) is 17.4. The van der Waals surface area contributed by atoms with E-state index in [0.29, 0.717) is 0 Å². The summed E-state index contributed by atoms with van der Waals surface area (Å²) in [4.78, 5) is 2.50. The minimum absolute atomic E-state index is 0.110. The van der Waals surface area contributed by atoms with Crippen LogP contribution in [0.5, 0.6) is 0 Å².